The van der Waals surface area contributed by atoms with Crippen molar-refractivity contribution < 1.29 is 4.79 Å². The van der Waals surface area contributed by atoms with Crippen LogP contribution in [0.25, 0.3) is 0 Å². The Morgan fingerprint density at radius 3 is 2.48 bits per heavy atom. The first-order chi connectivity index (χ1) is 10.1. The van der Waals surface area contributed by atoms with Crippen LogP contribution in [0.1, 0.15) is 51.0 Å². The third-order valence-corrected chi connectivity index (χ3v) is 4.73. The second kappa shape index (κ2) is 7.44. The van der Waals surface area contributed by atoms with Crippen molar-refractivity contribution in [2.75, 3.05) is 6.54 Å². The monoisotopic (exact) mass is 285 g/mol. The molecule has 1 aromatic carbocycles. The lowest BCUT2D eigenvalue weighted by atomic mass is 9.69. The van der Waals surface area contributed by atoms with Gasteiger partial charge in [0.25, 0.3) is 0 Å². The number of rotatable bonds is 6. The Morgan fingerprint density at radius 2 is 1.86 bits per heavy atom. The summed E-state index contributed by atoms with van der Waals surface area (Å²) in [5.74, 6) is 0.197. The first-order valence-electron chi connectivity index (χ1n) is 8.13. The molecule has 1 aromatic rings. The maximum Gasteiger partial charge on any atom is 0.230 e. The van der Waals surface area contributed by atoms with Crippen LogP contribution in [0.3, 0.4) is 0 Å². The van der Waals surface area contributed by atoms with E-state index in [0.29, 0.717) is 0 Å². The highest BCUT2D eigenvalue weighted by Gasteiger charge is 2.39. The molecule has 1 fully saturated rings. The van der Waals surface area contributed by atoms with Crippen molar-refractivity contribution in [2.45, 2.75) is 51.9 Å². The number of amides is 1. The second-order valence-corrected chi connectivity index (χ2v) is 6.27. The van der Waals surface area contributed by atoms with E-state index in [-0.39, 0.29) is 11.3 Å². The molecule has 1 aliphatic carbocycles. The fourth-order valence-corrected chi connectivity index (χ4v) is 3.31. The number of carbonyl (C=O) groups is 1. The zero-order valence-electron chi connectivity index (χ0n) is 13.2. The van der Waals surface area contributed by atoms with E-state index in [1.54, 1.807) is 0 Å². The summed E-state index contributed by atoms with van der Waals surface area (Å²) in [4.78, 5) is 12.6. The third kappa shape index (κ3) is 3.96. The number of hydrogen-bond acceptors (Lipinski definition) is 1. The van der Waals surface area contributed by atoms with Crippen LogP contribution in [0.4, 0.5) is 0 Å². The summed E-state index contributed by atoms with van der Waals surface area (Å²) in [6.07, 6.45) is 7.47. The number of carbonyl (C=O) groups excluding carboxylic acids is 1. The molecule has 0 radical (unpaired) electrons. The summed E-state index contributed by atoms with van der Waals surface area (Å²) in [5.41, 5.74) is 2.06. The van der Waals surface area contributed by atoms with Gasteiger partial charge in [0, 0.05) is 6.54 Å². The topological polar surface area (TPSA) is 29.1 Å². The molecule has 0 aliphatic heterocycles. The molecule has 1 amide bonds. The lowest BCUT2D eigenvalue weighted by Gasteiger charge is -2.36. The van der Waals surface area contributed by atoms with Gasteiger partial charge in [-0.15, -0.1) is 0 Å². The quantitative estimate of drug-likeness (QED) is 0.614. The molecule has 0 atom stereocenters. The normalized spacial score (nSPS) is 17.2. The number of hydrogen-bond donors (Lipinski definition) is 1. The van der Waals surface area contributed by atoms with E-state index in [1.165, 1.54) is 12.0 Å². The molecule has 21 heavy (non-hydrogen) atoms. The van der Waals surface area contributed by atoms with Gasteiger partial charge in [-0.1, -0.05) is 61.7 Å². The molecule has 2 nitrogen and oxygen atoms in total. The summed E-state index contributed by atoms with van der Waals surface area (Å²) < 4.78 is 0. The van der Waals surface area contributed by atoms with Crippen LogP contribution in [0, 0.1) is 5.41 Å². The summed E-state index contributed by atoms with van der Waals surface area (Å²) in [6.45, 7) is 6.85. The molecule has 2 heteroatoms. The average Bonchev–Trinajstić information content (AvgIpc) is 2.53. The molecule has 114 valence electrons. The van der Waals surface area contributed by atoms with Crippen LogP contribution in [0.15, 0.2) is 42.5 Å². The molecule has 2 rings (SSSR count). The van der Waals surface area contributed by atoms with E-state index < -0.39 is 0 Å². The molecule has 1 saturated carbocycles. The molecule has 0 saturated heterocycles. The Kier molecular flexibility index (Phi) is 5.60. The smallest absolute Gasteiger partial charge is 0.230 e. The summed E-state index contributed by atoms with van der Waals surface area (Å²) in [5, 5.41) is 3.15. The number of aryl methyl sites for hydroxylation is 1. The van der Waals surface area contributed by atoms with Gasteiger partial charge in [-0.05, 0) is 38.2 Å². The highest BCUT2D eigenvalue weighted by molar-refractivity contribution is 5.85. The Morgan fingerprint density at radius 1 is 1.19 bits per heavy atom. The van der Waals surface area contributed by atoms with Gasteiger partial charge in [-0.2, -0.15) is 0 Å². The maximum absolute atomic E-state index is 12.6. The molecule has 0 heterocycles. The maximum atomic E-state index is 12.6. The van der Waals surface area contributed by atoms with Crippen molar-refractivity contribution in [1.29, 1.82) is 0 Å². The van der Waals surface area contributed by atoms with Gasteiger partial charge in [0.15, 0.2) is 0 Å². The van der Waals surface area contributed by atoms with E-state index in [4.69, 9.17) is 0 Å². The standard InChI is InChI=1S/C19H27NO/c1-16(2)19(13-7-4-8-14-19)18(21)20-15-9-12-17-10-5-3-6-11-17/h3,5-6,10-11H,1,4,7-9,12-15H2,2H3,(H,20,21). The molecular weight excluding hydrogens is 258 g/mol. The van der Waals surface area contributed by atoms with Gasteiger partial charge in [0.2, 0.25) is 5.91 Å². The van der Waals surface area contributed by atoms with Gasteiger partial charge in [-0.3, -0.25) is 4.79 Å². The lowest BCUT2D eigenvalue weighted by Crippen LogP contribution is -2.43. The highest BCUT2D eigenvalue weighted by Crippen LogP contribution is 2.41. The molecule has 0 unspecified atom stereocenters. The average molecular weight is 285 g/mol. The van der Waals surface area contributed by atoms with Crippen LogP contribution < -0.4 is 5.32 Å². The molecular formula is C19H27NO. The third-order valence-electron chi connectivity index (χ3n) is 4.73. The minimum atomic E-state index is -0.301. The number of benzene rings is 1. The molecule has 1 N–H and O–H groups in total. The zero-order chi connectivity index (χ0) is 15.1. The van der Waals surface area contributed by atoms with E-state index >= 15 is 0 Å². The second-order valence-electron chi connectivity index (χ2n) is 6.27. The Labute approximate surface area is 128 Å². The van der Waals surface area contributed by atoms with Gasteiger partial charge >= 0.3 is 0 Å². The van der Waals surface area contributed by atoms with Crippen LogP contribution in [0.5, 0.6) is 0 Å². The van der Waals surface area contributed by atoms with E-state index in [2.05, 4.69) is 36.2 Å². The molecule has 0 spiro atoms. The van der Waals surface area contributed by atoms with Gasteiger partial charge in [-0.25, -0.2) is 0 Å². The fourth-order valence-electron chi connectivity index (χ4n) is 3.31. The van der Waals surface area contributed by atoms with Crippen molar-refractivity contribution in [3.05, 3.63) is 48.0 Å². The van der Waals surface area contributed by atoms with Crippen molar-refractivity contribution in [2.24, 2.45) is 5.41 Å². The minimum Gasteiger partial charge on any atom is -0.355 e. The molecule has 0 bridgehead atoms. The summed E-state index contributed by atoms with van der Waals surface area (Å²) in [6, 6.07) is 10.4. The Bertz CT molecular complexity index is 472. The predicted molar refractivity (Wildman–Crippen MR) is 88.1 cm³/mol. The van der Waals surface area contributed by atoms with E-state index in [0.717, 1.165) is 50.6 Å². The highest BCUT2D eigenvalue weighted by atomic mass is 16.2. The summed E-state index contributed by atoms with van der Waals surface area (Å²) in [7, 11) is 0. The van der Waals surface area contributed by atoms with Crippen molar-refractivity contribution >= 4 is 5.91 Å². The van der Waals surface area contributed by atoms with Gasteiger partial charge in [0.1, 0.15) is 0 Å². The molecule has 0 aromatic heterocycles. The lowest BCUT2D eigenvalue weighted by molar-refractivity contribution is -0.130. The summed E-state index contributed by atoms with van der Waals surface area (Å²) >= 11 is 0. The predicted octanol–water partition coefficient (Wildman–Crippen LogP) is 4.26. The Balaban J connectivity index is 1.81. The van der Waals surface area contributed by atoms with Crippen molar-refractivity contribution in [3.63, 3.8) is 0 Å². The van der Waals surface area contributed by atoms with Crippen LogP contribution in [-0.4, -0.2) is 12.5 Å². The zero-order valence-corrected chi connectivity index (χ0v) is 13.2. The van der Waals surface area contributed by atoms with E-state index in [9.17, 15) is 4.79 Å². The SMILES string of the molecule is C=C(C)C1(C(=O)NCCCc2ccccc2)CCCCC1. The fraction of sp³-hybridized carbons (Fsp3) is 0.526. The molecule has 1 aliphatic rings. The van der Waals surface area contributed by atoms with Gasteiger partial charge in [0.05, 0.1) is 5.41 Å². The number of nitrogens with one attached hydrogen (secondary N) is 1. The van der Waals surface area contributed by atoms with Crippen LogP contribution in [0.2, 0.25) is 0 Å². The van der Waals surface area contributed by atoms with E-state index in [1.807, 2.05) is 13.0 Å². The first kappa shape index (κ1) is 15.8. The minimum absolute atomic E-state index is 0.197. The van der Waals surface area contributed by atoms with Crippen LogP contribution >= 0.6 is 0 Å². The van der Waals surface area contributed by atoms with Crippen molar-refractivity contribution in [1.82, 2.24) is 5.32 Å². The largest absolute Gasteiger partial charge is 0.355 e. The van der Waals surface area contributed by atoms with Crippen LogP contribution in [-0.2, 0) is 11.2 Å². The first-order valence-corrected chi connectivity index (χ1v) is 8.13. The Hall–Kier alpha value is -1.57. The van der Waals surface area contributed by atoms with Crippen molar-refractivity contribution in [3.8, 4) is 0 Å². The van der Waals surface area contributed by atoms with Gasteiger partial charge < -0.3 is 5.32 Å².